The number of nitrogens with zero attached hydrogens (tertiary/aromatic N) is 4. The van der Waals surface area contributed by atoms with Crippen LogP contribution in [0.15, 0.2) is 4.42 Å². The summed E-state index contributed by atoms with van der Waals surface area (Å²) in [6, 6.07) is 0.325. The second-order valence-electron chi connectivity index (χ2n) is 11.7. The van der Waals surface area contributed by atoms with Crippen LogP contribution in [-0.2, 0) is 9.59 Å². The van der Waals surface area contributed by atoms with Gasteiger partial charge < -0.3 is 14.6 Å². The van der Waals surface area contributed by atoms with Crippen LogP contribution >= 0.6 is 0 Å². The van der Waals surface area contributed by atoms with E-state index in [9.17, 15) is 9.59 Å². The second-order valence-corrected chi connectivity index (χ2v) is 11.7. The van der Waals surface area contributed by atoms with Gasteiger partial charge in [-0.3, -0.25) is 14.5 Å². The molecular weight excluding hydrogens is 430 g/mol. The van der Waals surface area contributed by atoms with Crippen LogP contribution in [0.2, 0.25) is 0 Å². The van der Waals surface area contributed by atoms with Crippen molar-refractivity contribution in [3.8, 4) is 0 Å². The number of aromatic nitrogens is 2. The summed E-state index contributed by atoms with van der Waals surface area (Å²) in [6.45, 7) is 6.95. The number of piperidine rings is 1. The third-order valence-corrected chi connectivity index (χ3v) is 8.55. The van der Waals surface area contributed by atoms with Gasteiger partial charge in [0.2, 0.25) is 23.6 Å². The van der Waals surface area contributed by atoms with Gasteiger partial charge in [0.1, 0.15) is 0 Å². The molecule has 5 rings (SSSR count). The van der Waals surface area contributed by atoms with Gasteiger partial charge in [-0.15, -0.1) is 10.2 Å². The molecule has 8 heteroatoms. The first-order chi connectivity index (χ1) is 16.4. The van der Waals surface area contributed by atoms with E-state index in [1.807, 2.05) is 13.8 Å². The third-order valence-electron chi connectivity index (χ3n) is 8.55. The van der Waals surface area contributed by atoms with Gasteiger partial charge >= 0.3 is 0 Å². The maximum absolute atomic E-state index is 12.9. The van der Waals surface area contributed by atoms with Crippen LogP contribution in [0.1, 0.15) is 108 Å². The van der Waals surface area contributed by atoms with Crippen LogP contribution in [0.3, 0.4) is 0 Å². The maximum atomic E-state index is 12.9. The molecule has 0 radical (unpaired) electrons. The predicted molar refractivity (Wildman–Crippen MR) is 128 cm³/mol. The fourth-order valence-electron chi connectivity index (χ4n) is 6.23. The van der Waals surface area contributed by atoms with Gasteiger partial charge in [-0.2, -0.15) is 0 Å². The molecule has 1 atom stereocenters. The topological polar surface area (TPSA) is 91.6 Å². The summed E-state index contributed by atoms with van der Waals surface area (Å²) in [5.41, 5.74) is 0.0965. The molecule has 2 aliphatic heterocycles. The lowest BCUT2D eigenvalue weighted by atomic mass is 9.76. The van der Waals surface area contributed by atoms with Crippen molar-refractivity contribution >= 4 is 11.8 Å². The van der Waals surface area contributed by atoms with E-state index in [0.717, 1.165) is 64.1 Å². The summed E-state index contributed by atoms with van der Waals surface area (Å²) >= 11 is 0. The Balaban J connectivity index is 1.21. The summed E-state index contributed by atoms with van der Waals surface area (Å²) in [7, 11) is 0. The van der Waals surface area contributed by atoms with E-state index >= 15 is 0 Å². The highest BCUT2D eigenvalue weighted by Crippen LogP contribution is 2.49. The van der Waals surface area contributed by atoms with Gasteiger partial charge in [-0.25, -0.2) is 0 Å². The molecule has 2 aliphatic carbocycles. The van der Waals surface area contributed by atoms with Crippen LogP contribution in [0, 0.1) is 11.3 Å². The number of carbonyl (C=O) groups excluding carboxylic acids is 2. The Labute approximate surface area is 203 Å². The Morgan fingerprint density at radius 2 is 1.85 bits per heavy atom. The zero-order chi connectivity index (χ0) is 23.7. The SMILES string of the molecule is CC(C)c1nnc(C2CC3(CCN(C(=O)CCC4CCCC4)CC3)CN2CC(=O)NC2CC2)o1. The standard InChI is InChI=1S/C26H41N5O3/c1-18(2)24-28-29-25(34-24)21-15-26(17-31(21)16-22(32)27-20-8-9-20)11-13-30(14-12-26)23(33)10-7-19-5-3-4-6-19/h18-21H,3-17H2,1-2H3,(H,27,32). The Bertz CT molecular complexity index is 866. The summed E-state index contributed by atoms with van der Waals surface area (Å²) in [6.07, 6.45) is 12.1. The molecule has 34 heavy (non-hydrogen) atoms. The maximum Gasteiger partial charge on any atom is 0.234 e. The quantitative estimate of drug-likeness (QED) is 0.620. The first kappa shape index (κ1) is 23.8. The number of likely N-dealkylation sites (tertiary alicyclic amines) is 2. The molecule has 4 fully saturated rings. The highest BCUT2D eigenvalue weighted by atomic mass is 16.4. The lowest BCUT2D eigenvalue weighted by Gasteiger charge is -2.39. The van der Waals surface area contributed by atoms with E-state index in [4.69, 9.17) is 4.42 Å². The average molecular weight is 472 g/mol. The smallest absolute Gasteiger partial charge is 0.234 e. The molecule has 2 saturated carbocycles. The van der Waals surface area contributed by atoms with E-state index < -0.39 is 0 Å². The number of amides is 2. The van der Waals surface area contributed by atoms with Crippen molar-refractivity contribution in [1.82, 2.24) is 25.3 Å². The molecule has 0 bridgehead atoms. The minimum absolute atomic E-state index is 0.0328. The Kier molecular flexibility index (Phi) is 6.96. The molecule has 4 aliphatic rings. The van der Waals surface area contributed by atoms with E-state index in [0.29, 0.717) is 36.7 Å². The molecular formula is C26H41N5O3. The molecule has 1 unspecified atom stereocenters. The van der Waals surface area contributed by atoms with Crippen LogP contribution in [0.5, 0.6) is 0 Å². The zero-order valence-corrected chi connectivity index (χ0v) is 20.9. The van der Waals surface area contributed by atoms with Crippen molar-refractivity contribution in [2.45, 2.75) is 102 Å². The fraction of sp³-hybridized carbons (Fsp3) is 0.846. The van der Waals surface area contributed by atoms with Crippen LogP contribution in [-0.4, -0.2) is 64.0 Å². The van der Waals surface area contributed by atoms with Crippen LogP contribution in [0.4, 0.5) is 0 Å². The monoisotopic (exact) mass is 471 g/mol. The van der Waals surface area contributed by atoms with Crippen molar-refractivity contribution in [1.29, 1.82) is 0 Å². The largest absolute Gasteiger partial charge is 0.423 e. The zero-order valence-electron chi connectivity index (χ0n) is 20.9. The van der Waals surface area contributed by atoms with Crippen molar-refractivity contribution < 1.29 is 14.0 Å². The molecule has 2 saturated heterocycles. The van der Waals surface area contributed by atoms with Crippen molar-refractivity contribution in [3.05, 3.63) is 11.8 Å². The lowest BCUT2D eigenvalue weighted by Crippen LogP contribution is -2.45. The van der Waals surface area contributed by atoms with Gasteiger partial charge in [0, 0.05) is 38.0 Å². The lowest BCUT2D eigenvalue weighted by molar-refractivity contribution is -0.133. The molecule has 2 amide bonds. The summed E-state index contributed by atoms with van der Waals surface area (Å²) in [4.78, 5) is 29.8. The van der Waals surface area contributed by atoms with E-state index in [1.54, 1.807) is 0 Å². The first-order valence-corrected chi connectivity index (χ1v) is 13.6. The number of carbonyl (C=O) groups is 2. The van der Waals surface area contributed by atoms with Crippen molar-refractivity contribution in [2.24, 2.45) is 11.3 Å². The summed E-state index contributed by atoms with van der Waals surface area (Å²) in [5, 5.41) is 11.8. The van der Waals surface area contributed by atoms with Crippen LogP contribution < -0.4 is 5.32 Å². The number of nitrogens with one attached hydrogen (secondary N) is 1. The van der Waals surface area contributed by atoms with Crippen molar-refractivity contribution in [2.75, 3.05) is 26.2 Å². The molecule has 1 aromatic heterocycles. The van der Waals surface area contributed by atoms with Gasteiger partial charge in [0.15, 0.2) is 0 Å². The number of rotatable bonds is 8. The third kappa shape index (κ3) is 5.47. The first-order valence-electron chi connectivity index (χ1n) is 13.6. The van der Waals surface area contributed by atoms with E-state index in [2.05, 4.69) is 25.3 Å². The van der Waals surface area contributed by atoms with Gasteiger partial charge in [-0.1, -0.05) is 39.5 Å². The number of hydrogen-bond donors (Lipinski definition) is 1. The Morgan fingerprint density at radius 1 is 1.12 bits per heavy atom. The van der Waals surface area contributed by atoms with Gasteiger partial charge in [-0.05, 0) is 49.9 Å². The second kappa shape index (κ2) is 9.96. The van der Waals surface area contributed by atoms with Crippen molar-refractivity contribution in [3.63, 3.8) is 0 Å². The highest BCUT2D eigenvalue weighted by molar-refractivity contribution is 5.78. The van der Waals surface area contributed by atoms with Gasteiger partial charge in [0.05, 0.1) is 12.6 Å². The highest BCUT2D eigenvalue weighted by Gasteiger charge is 2.48. The minimum Gasteiger partial charge on any atom is -0.423 e. The van der Waals surface area contributed by atoms with E-state index in [-0.39, 0.29) is 23.3 Å². The molecule has 188 valence electrons. The normalized spacial score (nSPS) is 25.5. The molecule has 1 N–H and O–H groups in total. The Hall–Kier alpha value is -1.96. The van der Waals surface area contributed by atoms with E-state index in [1.165, 1.54) is 25.7 Å². The fourth-order valence-corrected chi connectivity index (χ4v) is 6.23. The molecule has 8 nitrogen and oxygen atoms in total. The molecule has 1 aromatic rings. The Morgan fingerprint density at radius 3 is 2.50 bits per heavy atom. The van der Waals surface area contributed by atoms with Gasteiger partial charge in [0.25, 0.3) is 0 Å². The molecule has 1 spiro atoms. The average Bonchev–Trinajstić information content (AvgIpc) is 3.22. The number of hydrogen-bond acceptors (Lipinski definition) is 6. The summed E-state index contributed by atoms with van der Waals surface area (Å²) < 4.78 is 6.05. The minimum atomic E-state index is -0.0328. The predicted octanol–water partition coefficient (Wildman–Crippen LogP) is 3.80. The van der Waals surface area contributed by atoms with Crippen LogP contribution in [0.25, 0.3) is 0 Å². The molecule has 0 aromatic carbocycles. The summed E-state index contributed by atoms with van der Waals surface area (Å²) in [5.74, 6) is 2.65. The molecule has 3 heterocycles.